The van der Waals surface area contributed by atoms with Gasteiger partial charge in [0.25, 0.3) is 0 Å². The van der Waals surface area contributed by atoms with Gasteiger partial charge in [-0.2, -0.15) is 0 Å². The standard InChI is InChI=1S/C15H24Cl2N2/c1-4-6-11(3)8-14(18-7-5-2)15-13(17)9-12(16)10-19-15/h9-11,14,18H,4-8H2,1-3H3. The molecule has 4 heteroatoms. The Labute approximate surface area is 126 Å². The third-order valence-electron chi connectivity index (χ3n) is 3.23. The molecule has 2 nitrogen and oxygen atoms in total. The summed E-state index contributed by atoms with van der Waals surface area (Å²) in [6, 6.07) is 1.99. The SMILES string of the molecule is CCCNC(CC(C)CCC)c1ncc(Cl)cc1Cl. The predicted octanol–water partition coefficient (Wildman–Crippen LogP) is 5.26. The van der Waals surface area contributed by atoms with Crippen molar-refractivity contribution in [2.45, 2.75) is 52.5 Å². The lowest BCUT2D eigenvalue weighted by atomic mass is 9.95. The minimum absolute atomic E-state index is 0.214. The van der Waals surface area contributed by atoms with Crippen molar-refractivity contribution in [1.29, 1.82) is 0 Å². The lowest BCUT2D eigenvalue weighted by Gasteiger charge is -2.22. The molecule has 108 valence electrons. The maximum Gasteiger partial charge on any atom is 0.0760 e. The second-order valence-electron chi connectivity index (χ2n) is 5.16. The average Bonchev–Trinajstić information content (AvgIpc) is 2.35. The summed E-state index contributed by atoms with van der Waals surface area (Å²) in [6.07, 6.45) is 6.28. The van der Waals surface area contributed by atoms with Gasteiger partial charge in [0.05, 0.1) is 21.8 Å². The van der Waals surface area contributed by atoms with E-state index in [1.807, 2.05) is 0 Å². The maximum atomic E-state index is 6.28. The van der Waals surface area contributed by atoms with Gasteiger partial charge >= 0.3 is 0 Å². The molecule has 0 aliphatic rings. The first-order valence-corrected chi connectivity index (χ1v) is 7.88. The zero-order valence-corrected chi connectivity index (χ0v) is 13.6. The number of hydrogen-bond acceptors (Lipinski definition) is 2. The molecule has 0 aliphatic heterocycles. The fourth-order valence-corrected chi connectivity index (χ4v) is 2.82. The number of pyridine rings is 1. The largest absolute Gasteiger partial charge is 0.309 e. The molecular weight excluding hydrogens is 279 g/mol. The van der Waals surface area contributed by atoms with Crippen LogP contribution in [0.1, 0.15) is 58.2 Å². The van der Waals surface area contributed by atoms with Crippen LogP contribution in [0.3, 0.4) is 0 Å². The smallest absolute Gasteiger partial charge is 0.0760 e. The van der Waals surface area contributed by atoms with Crippen molar-refractivity contribution in [1.82, 2.24) is 10.3 Å². The highest BCUT2D eigenvalue weighted by Gasteiger charge is 2.18. The fourth-order valence-electron chi connectivity index (χ4n) is 2.30. The quantitative estimate of drug-likeness (QED) is 0.709. The highest BCUT2D eigenvalue weighted by atomic mass is 35.5. The molecule has 0 amide bonds. The monoisotopic (exact) mass is 302 g/mol. The van der Waals surface area contributed by atoms with Gasteiger partial charge in [0.1, 0.15) is 0 Å². The van der Waals surface area contributed by atoms with E-state index in [-0.39, 0.29) is 6.04 Å². The molecule has 0 aliphatic carbocycles. The van der Waals surface area contributed by atoms with Crippen LogP contribution in [0.25, 0.3) is 0 Å². The summed E-state index contributed by atoms with van der Waals surface area (Å²) in [5, 5.41) is 4.79. The fraction of sp³-hybridized carbons (Fsp3) is 0.667. The first-order valence-electron chi connectivity index (χ1n) is 7.12. The van der Waals surface area contributed by atoms with Crippen LogP contribution in [0.5, 0.6) is 0 Å². The Morgan fingerprint density at radius 3 is 2.58 bits per heavy atom. The minimum Gasteiger partial charge on any atom is -0.309 e. The Hall–Kier alpha value is -0.310. The van der Waals surface area contributed by atoms with Crippen molar-refractivity contribution in [3.05, 3.63) is 28.0 Å². The van der Waals surface area contributed by atoms with Crippen LogP contribution in [0, 0.1) is 5.92 Å². The van der Waals surface area contributed by atoms with Gasteiger partial charge in [-0.1, -0.05) is 56.8 Å². The van der Waals surface area contributed by atoms with Crippen molar-refractivity contribution in [3.63, 3.8) is 0 Å². The maximum absolute atomic E-state index is 6.28. The van der Waals surface area contributed by atoms with Crippen LogP contribution in [-0.4, -0.2) is 11.5 Å². The van der Waals surface area contributed by atoms with E-state index in [9.17, 15) is 0 Å². The lowest BCUT2D eigenvalue weighted by molar-refractivity contribution is 0.385. The summed E-state index contributed by atoms with van der Waals surface area (Å²) in [5.41, 5.74) is 0.919. The Balaban J connectivity index is 2.82. The molecule has 0 fully saturated rings. The molecule has 0 radical (unpaired) electrons. The van der Waals surface area contributed by atoms with Crippen LogP contribution < -0.4 is 5.32 Å². The second-order valence-corrected chi connectivity index (χ2v) is 6.00. The Bertz CT molecular complexity index is 382. The molecule has 1 N–H and O–H groups in total. The molecule has 2 atom stereocenters. The van der Waals surface area contributed by atoms with Gasteiger partial charge in [0.15, 0.2) is 0 Å². The Morgan fingerprint density at radius 2 is 2.00 bits per heavy atom. The number of aromatic nitrogens is 1. The highest BCUT2D eigenvalue weighted by Crippen LogP contribution is 2.29. The van der Waals surface area contributed by atoms with Crippen molar-refractivity contribution in [3.8, 4) is 0 Å². The molecule has 2 unspecified atom stereocenters. The van der Waals surface area contributed by atoms with Gasteiger partial charge in [-0.15, -0.1) is 0 Å². The van der Waals surface area contributed by atoms with Gasteiger partial charge in [0, 0.05) is 6.20 Å². The number of rotatable bonds is 8. The summed E-state index contributed by atoms with van der Waals surface area (Å²) in [5.74, 6) is 0.660. The third-order valence-corrected chi connectivity index (χ3v) is 3.74. The number of halogens is 2. The van der Waals surface area contributed by atoms with Crippen LogP contribution in [0.15, 0.2) is 12.3 Å². The molecule has 19 heavy (non-hydrogen) atoms. The van der Waals surface area contributed by atoms with Crippen molar-refractivity contribution in [2.75, 3.05) is 6.54 Å². The molecule has 1 aromatic rings. The van der Waals surface area contributed by atoms with Crippen LogP contribution in [-0.2, 0) is 0 Å². The molecule has 0 saturated carbocycles. The molecule has 0 aromatic carbocycles. The van der Waals surface area contributed by atoms with Crippen molar-refractivity contribution >= 4 is 23.2 Å². The molecule has 1 rings (SSSR count). The number of nitrogens with one attached hydrogen (secondary N) is 1. The van der Waals surface area contributed by atoms with E-state index in [0.717, 1.165) is 25.1 Å². The Kier molecular flexibility index (Phi) is 7.74. The van der Waals surface area contributed by atoms with E-state index in [2.05, 4.69) is 31.1 Å². The topological polar surface area (TPSA) is 24.9 Å². The summed E-state index contributed by atoms with van der Waals surface area (Å²) in [7, 11) is 0. The van der Waals surface area contributed by atoms with Crippen LogP contribution in [0.4, 0.5) is 0 Å². The van der Waals surface area contributed by atoms with E-state index in [4.69, 9.17) is 23.2 Å². The molecule has 0 saturated heterocycles. The summed E-state index contributed by atoms with van der Waals surface area (Å²) < 4.78 is 0. The molecular formula is C15H24Cl2N2. The van der Waals surface area contributed by atoms with Gasteiger partial charge in [0.2, 0.25) is 0 Å². The van der Waals surface area contributed by atoms with E-state index in [0.29, 0.717) is 16.0 Å². The molecule has 0 bridgehead atoms. The van der Waals surface area contributed by atoms with E-state index >= 15 is 0 Å². The van der Waals surface area contributed by atoms with E-state index in [1.54, 1.807) is 12.3 Å². The van der Waals surface area contributed by atoms with Crippen LogP contribution >= 0.6 is 23.2 Å². The lowest BCUT2D eigenvalue weighted by Crippen LogP contribution is -2.25. The summed E-state index contributed by atoms with van der Waals surface area (Å²) in [6.45, 7) is 7.65. The van der Waals surface area contributed by atoms with Gasteiger partial charge in [-0.25, -0.2) is 0 Å². The molecule has 1 aromatic heterocycles. The number of hydrogen-bond donors (Lipinski definition) is 1. The van der Waals surface area contributed by atoms with Crippen molar-refractivity contribution < 1.29 is 0 Å². The average molecular weight is 303 g/mol. The van der Waals surface area contributed by atoms with Gasteiger partial charge in [-0.3, -0.25) is 4.98 Å². The Morgan fingerprint density at radius 1 is 1.26 bits per heavy atom. The third kappa shape index (κ3) is 5.68. The number of nitrogens with zero attached hydrogens (tertiary/aromatic N) is 1. The minimum atomic E-state index is 0.214. The zero-order chi connectivity index (χ0) is 14.3. The van der Waals surface area contributed by atoms with Crippen LogP contribution in [0.2, 0.25) is 10.0 Å². The first kappa shape index (κ1) is 16.7. The summed E-state index contributed by atoms with van der Waals surface area (Å²) >= 11 is 12.2. The molecule has 0 spiro atoms. The normalized spacial score (nSPS) is 14.4. The van der Waals surface area contributed by atoms with Gasteiger partial charge in [-0.05, 0) is 31.4 Å². The second kappa shape index (κ2) is 8.78. The highest BCUT2D eigenvalue weighted by molar-refractivity contribution is 6.34. The van der Waals surface area contributed by atoms with Gasteiger partial charge < -0.3 is 5.32 Å². The summed E-state index contributed by atoms with van der Waals surface area (Å²) in [4.78, 5) is 4.42. The first-order chi connectivity index (χ1) is 9.08. The zero-order valence-electron chi connectivity index (χ0n) is 12.0. The van der Waals surface area contributed by atoms with E-state index in [1.165, 1.54) is 12.8 Å². The van der Waals surface area contributed by atoms with E-state index < -0.39 is 0 Å². The predicted molar refractivity (Wildman–Crippen MR) is 84.0 cm³/mol. The molecule has 1 heterocycles. The van der Waals surface area contributed by atoms with Crippen molar-refractivity contribution in [2.24, 2.45) is 5.92 Å².